The SMILES string of the molecule is c1ccn2nc(NCCCn3cccn3)nc2c1. The zero-order valence-corrected chi connectivity index (χ0v) is 9.90. The van der Waals surface area contributed by atoms with Crippen LogP contribution in [-0.4, -0.2) is 30.9 Å². The molecule has 0 aliphatic heterocycles. The summed E-state index contributed by atoms with van der Waals surface area (Å²) in [5.74, 6) is 0.668. The number of aromatic nitrogens is 5. The van der Waals surface area contributed by atoms with Crippen molar-refractivity contribution in [1.82, 2.24) is 24.4 Å². The Kier molecular flexibility index (Phi) is 2.91. The highest BCUT2D eigenvalue weighted by Crippen LogP contribution is 2.04. The molecular weight excluding hydrogens is 228 g/mol. The summed E-state index contributed by atoms with van der Waals surface area (Å²) in [5.41, 5.74) is 0.854. The lowest BCUT2D eigenvalue weighted by Gasteiger charge is -2.01. The lowest BCUT2D eigenvalue weighted by atomic mass is 10.4. The Morgan fingerprint density at radius 2 is 2.17 bits per heavy atom. The monoisotopic (exact) mass is 242 g/mol. The molecule has 0 radical (unpaired) electrons. The molecule has 0 aliphatic rings. The molecule has 0 saturated heterocycles. The van der Waals surface area contributed by atoms with Crippen molar-refractivity contribution >= 4 is 11.6 Å². The number of pyridine rings is 1. The van der Waals surface area contributed by atoms with Crippen LogP contribution in [0.25, 0.3) is 5.65 Å². The minimum Gasteiger partial charge on any atom is -0.353 e. The summed E-state index contributed by atoms with van der Waals surface area (Å²) in [6.45, 7) is 1.73. The molecular formula is C12H14N6. The fourth-order valence-corrected chi connectivity index (χ4v) is 1.78. The maximum Gasteiger partial charge on any atom is 0.243 e. The van der Waals surface area contributed by atoms with Crippen molar-refractivity contribution in [2.24, 2.45) is 0 Å². The van der Waals surface area contributed by atoms with E-state index in [1.165, 1.54) is 0 Å². The molecule has 3 aromatic heterocycles. The van der Waals surface area contributed by atoms with E-state index in [1.807, 2.05) is 41.3 Å². The van der Waals surface area contributed by atoms with E-state index < -0.39 is 0 Å². The third-order valence-corrected chi connectivity index (χ3v) is 2.65. The van der Waals surface area contributed by atoms with Crippen LogP contribution < -0.4 is 5.32 Å². The van der Waals surface area contributed by atoms with Crippen LogP contribution in [0.3, 0.4) is 0 Å². The van der Waals surface area contributed by atoms with Gasteiger partial charge in [-0.3, -0.25) is 4.68 Å². The van der Waals surface area contributed by atoms with Crippen LogP contribution in [0.4, 0.5) is 5.95 Å². The maximum absolute atomic E-state index is 4.37. The Labute approximate surface area is 104 Å². The van der Waals surface area contributed by atoms with Gasteiger partial charge < -0.3 is 5.32 Å². The van der Waals surface area contributed by atoms with Crippen LogP contribution in [-0.2, 0) is 6.54 Å². The van der Waals surface area contributed by atoms with Gasteiger partial charge in [0, 0.05) is 31.7 Å². The molecule has 0 aromatic carbocycles. The minimum atomic E-state index is 0.668. The van der Waals surface area contributed by atoms with E-state index in [-0.39, 0.29) is 0 Å². The van der Waals surface area contributed by atoms with Gasteiger partial charge in [0.05, 0.1) is 0 Å². The van der Waals surface area contributed by atoms with Crippen molar-refractivity contribution in [1.29, 1.82) is 0 Å². The highest BCUT2D eigenvalue weighted by molar-refractivity contribution is 5.42. The number of hydrogen-bond acceptors (Lipinski definition) is 4. The second kappa shape index (κ2) is 4.87. The quantitative estimate of drug-likeness (QED) is 0.687. The topological polar surface area (TPSA) is 60.0 Å². The van der Waals surface area contributed by atoms with Crippen molar-refractivity contribution in [3.05, 3.63) is 42.9 Å². The summed E-state index contributed by atoms with van der Waals surface area (Å²) in [5, 5.41) is 11.7. The van der Waals surface area contributed by atoms with Gasteiger partial charge in [0.1, 0.15) is 0 Å². The first-order valence-corrected chi connectivity index (χ1v) is 5.94. The highest BCUT2D eigenvalue weighted by atomic mass is 15.3. The number of rotatable bonds is 5. The predicted octanol–water partition coefficient (Wildman–Crippen LogP) is 1.43. The summed E-state index contributed by atoms with van der Waals surface area (Å²) in [4.78, 5) is 4.37. The summed E-state index contributed by atoms with van der Waals surface area (Å²) in [6, 6.07) is 7.74. The number of anilines is 1. The van der Waals surface area contributed by atoms with Gasteiger partial charge >= 0.3 is 0 Å². The fourth-order valence-electron chi connectivity index (χ4n) is 1.78. The molecule has 6 nitrogen and oxygen atoms in total. The third-order valence-electron chi connectivity index (χ3n) is 2.65. The van der Waals surface area contributed by atoms with E-state index in [4.69, 9.17) is 0 Å². The summed E-state index contributed by atoms with van der Waals surface area (Å²) < 4.78 is 3.68. The standard InChI is InChI=1S/C12H14N6/c1-2-10-18-11(5-1)15-12(16-18)13-6-3-8-17-9-4-7-14-17/h1-2,4-5,7,9-10H,3,6,8H2,(H,13,16). The van der Waals surface area contributed by atoms with Gasteiger partial charge in [-0.2, -0.15) is 10.1 Å². The van der Waals surface area contributed by atoms with Crippen LogP contribution in [0.1, 0.15) is 6.42 Å². The molecule has 1 N–H and O–H groups in total. The highest BCUT2D eigenvalue weighted by Gasteiger charge is 2.01. The average Bonchev–Trinajstić information content (AvgIpc) is 3.03. The molecule has 0 saturated carbocycles. The molecule has 0 amide bonds. The van der Waals surface area contributed by atoms with E-state index in [2.05, 4.69) is 20.5 Å². The number of fused-ring (bicyclic) bond motifs is 1. The van der Waals surface area contributed by atoms with Crippen molar-refractivity contribution in [3.8, 4) is 0 Å². The summed E-state index contributed by atoms with van der Waals surface area (Å²) in [6.07, 6.45) is 6.62. The molecule has 0 bridgehead atoms. The molecule has 0 unspecified atom stereocenters. The van der Waals surface area contributed by atoms with Gasteiger partial charge in [0.25, 0.3) is 0 Å². The molecule has 0 fully saturated rings. The Bertz CT molecular complexity index is 579. The molecule has 18 heavy (non-hydrogen) atoms. The molecule has 0 spiro atoms. The van der Waals surface area contributed by atoms with E-state index >= 15 is 0 Å². The van der Waals surface area contributed by atoms with Gasteiger partial charge in [0.2, 0.25) is 5.95 Å². The van der Waals surface area contributed by atoms with E-state index in [1.54, 1.807) is 10.7 Å². The smallest absolute Gasteiger partial charge is 0.243 e. The average molecular weight is 242 g/mol. The first-order valence-electron chi connectivity index (χ1n) is 5.94. The van der Waals surface area contributed by atoms with Gasteiger partial charge in [-0.05, 0) is 24.6 Å². The second-order valence-electron chi connectivity index (χ2n) is 3.99. The fraction of sp³-hybridized carbons (Fsp3) is 0.250. The van der Waals surface area contributed by atoms with E-state index in [9.17, 15) is 0 Å². The van der Waals surface area contributed by atoms with Gasteiger partial charge in [-0.15, -0.1) is 5.10 Å². The lowest BCUT2D eigenvalue weighted by Crippen LogP contribution is -2.08. The number of nitrogens with one attached hydrogen (secondary N) is 1. The van der Waals surface area contributed by atoms with Gasteiger partial charge in [-0.25, -0.2) is 4.52 Å². The van der Waals surface area contributed by atoms with E-state index in [0.29, 0.717) is 5.95 Å². The second-order valence-corrected chi connectivity index (χ2v) is 3.99. The summed E-state index contributed by atoms with van der Waals surface area (Å²) in [7, 11) is 0. The summed E-state index contributed by atoms with van der Waals surface area (Å²) >= 11 is 0. The largest absolute Gasteiger partial charge is 0.353 e. The normalized spacial score (nSPS) is 10.9. The molecule has 3 rings (SSSR count). The van der Waals surface area contributed by atoms with Crippen LogP contribution in [0.5, 0.6) is 0 Å². The number of hydrogen-bond donors (Lipinski definition) is 1. The molecule has 0 atom stereocenters. The van der Waals surface area contributed by atoms with Crippen molar-refractivity contribution in [3.63, 3.8) is 0 Å². The van der Waals surface area contributed by atoms with Gasteiger partial charge in [0.15, 0.2) is 5.65 Å². The zero-order chi connectivity index (χ0) is 12.2. The predicted molar refractivity (Wildman–Crippen MR) is 68.3 cm³/mol. The van der Waals surface area contributed by atoms with Crippen molar-refractivity contribution in [2.45, 2.75) is 13.0 Å². The van der Waals surface area contributed by atoms with Gasteiger partial charge in [-0.1, -0.05) is 6.07 Å². The van der Waals surface area contributed by atoms with Crippen LogP contribution in [0, 0.1) is 0 Å². The minimum absolute atomic E-state index is 0.668. The molecule has 0 aliphatic carbocycles. The Morgan fingerprint density at radius 1 is 1.17 bits per heavy atom. The van der Waals surface area contributed by atoms with Crippen molar-refractivity contribution in [2.75, 3.05) is 11.9 Å². The van der Waals surface area contributed by atoms with E-state index in [0.717, 1.165) is 25.2 Å². The molecule has 92 valence electrons. The Hall–Kier alpha value is -2.37. The van der Waals surface area contributed by atoms with Crippen molar-refractivity contribution < 1.29 is 0 Å². The Morgan fingerprint density at radius 3 is 3.00 bits per heavy atom. The zero-order valence-electron chi connectivity index (χ0n) is 9.90. The first kappa shape index (κ1) is 10.8. The third kappa shape index (κ3) is 2.32. The molecule has 3 aromatic rings. The van der Waals surface area contributed by atoms with Crippen LogP contribution in [0.2, 0.25) is 0 Å². The van der Waals surface area contributed by atoms with Crippen LogP contribution in [0.15, 0.2) is 42.9 Å². The number of nitrogens with zero attached hydrogens (tertiary/aromatic N) is 5. The Balaban J connectivity index is 1.53. The first-order chi connectivity index (χ1) is 8.92. The molecule has 3 heterocycles. The number of aryl methyl sites for hydroxylation is 1. The molecule has 6 heteroatoms. The van der Waals surface area contributed by atoms with Crippen LogP contribution >= 0.6 is 0 Å². The lowest BCUT2D eigenvalue weighted by molar-refractivity contribution is 0.591. The maximum atomic E-state index is 4.37.